The third-order valence-corrected chi connectivity index (χ3v) is 6.21. The molecule has 4 rings (SSSR count). The molecule has 8 nitrogen and oxygen atoms in total. The summed E-state index contributed by atoms with van der Waals surface area (Å²) >= 11 is 0. The molecule has 31 heavy (non-hydrogen) atoms. The number of aromatic nitrogens is 3. The number of imidazole rings is 1. The Labute approximate surface area is 182 Å². The predicted molar refractivity (Wildman–Crippen MR) is 119 cm³/mol. The Bertz CT molecular complexity index is 1100. The van der Waals surface area contributed by atoms with Crippen LogP contribution in [0.5, 0.6) is 0 Å². The van der Waals surface area contributed by atoms with Crippen LogP contribution in [0, 0.1) is 13.8 Å². The first-order valence-corrected chi connectivity index (χ1v) is 11.1. The molecule has 1 saturated heterocycles. The predicted octanol–water partition coefficient (Wildman–Crippen LogP) is 2.55. The first-order valence-electron chi connectivity index (χ1n) is 11.1. The zero-order valence-electron chi connectivity index (χ0n) is 18.6. The van der Waals surface area contributed by atoms with Crippen LogP contribution in [0.15, 0.2) is 33.6 Å². The van der Waals surface area contributed by atoms with Gasteiger partial charge in [-0.2, -0.15) is 0 Å². The molecule has 0 aliphatic carbocycles. The van der Waals surface area contributed by atoms with E-state index in [1.54, 1.807) is 4.57 Å². The molecule has 0 radical (unpaired) electrons. The van der Waals surface area contributed by atoms with E-state index in [4.69, 9.17) is 4.52 Å². The molecular weight excluding hydrogens is 394 g/mol. The summed E-state index contributed by atoms with van der Waals surface area (Å²) in [5.74, 6) is 0.972. The zero-order valence-corrected chi connectivity index (χ0v) is 18.6. The SMILES string of the molecule is CCCn1c(=O)n(CCC(=O)N2CCN(Cc3c(C)noc3C)CC2)c2ccccc21. The average molecular weight is 426 g/mol. The molecule has 1 amide bonds. The minimum absolute atomic E-state index is 0.0277. The molecule has 166 valence electrons. The van der Waals surface area contributed by atoms with E-state index >= 15 is 0 Å². The summed E-state index contributed by atoms with van der Waals surface area (Å²) in [5, 5.41) is 4.02. The molecule has 0 spiro atoms. The summed E-state index contributed by atoms with van der Waals surface area (Å²) in [6.45, 7) is 10.9. The van der Waals surface area contributed by atoms with Gasteiger partial charge in [-0.25, -0.2) is 4.79 Å². The lowest BCUT2D eigenvalue weighted by molar-refractivity contribution is -0.133. The number of hydrogen-bond donors (Lipinski definition) is 0. The number of piperazine rings is 1. The first-order chi connectivity index (χ1) is 15.0. The number of hydrogen-bond acceptors (Lipinski definition) is 5. The molecule has 0 saturated carbocycles. The molecule has 1 fully saturated rings. The van der Waals surface area contributed by atoms with E-state index < -0.39 is 0 Å². The fourth-order valence-electron chi connectivity index (χ4n) is 4.40. The van der Waals surface area contributed by atoms with Crippen LogP contribution in [0.2, 0.25) is 0 Å². The van der Waals surface area contributed by atoms with Gasteiger partial charge in [-0.05, 0) is 32.4 Å². The average Bonchev–Trinajstić information content (AvgIpc) is 3.24. The van der Waals surface area contributed by atoms with Crippen molar-refractivity contribution < 1.29 is 9.32 Å². The van der Waals surface area contributed by atoms with E-state index in [2.05, 4.69) is 17.0 Å². The van der Waals surface area contributed by atoms with Gasteiger partial charge in [0.1, 0.15) is 5.76 Å². The highest BCUT2D eigenvalue weighted by atomic mass is 16.5. The van der Waals surface area contributed by atoms with E-state index in [1.165, 1.54) is 0 Å². The molecule has 0 unspecified atom stereocenters. The monoisotopic (exact) mass is 425 g/mol. The topological polar surface area (TPSA) is 76.5 Å². The van der Waals surface area contributed by atoms with Crippen molar-refractivity contribution in [3.63, 3.8) is 0 Å². The smallest absolute Gasteiger partial charge is 0.329 e. The Morgan fingerprint density at radius 3 is 2.26 bits per heavy atom. The Balaban J connectivity index is 1.36. The molecule has 3 heterocycles. The van der Waals surface area contributed by atoms with Crippen molar-refractivity contribution in [3.8, 4) is 0 Å². The van der Waals surface area contributed by atoms with E-state index in [-0.39, 0.29) is 11.6 Å². The lowest BCUT2D eigenvalue weighted by Gasteiger charge is -2.34. The van der Waals surface area contributed by atoms with Gasteiger partial charge in [0.15, 0.2) is 0 Å². The van der Waals surface area contributed by atoms with Gasteiger partial charge < -0.3 is 9.42 Å². The maximum absolute atomic E-state index is 12.9. The van der Waals surface area contributed by atoms with Crippen molar-refractivity contribution in [1.29, 1.82) is 0 Å². The summed E-state index contributed by atoms with van der Waals surface area (Å²) < 4.78 is 8.82. The zero-order chi connectivity index (χ0) is 22.0. The molecule has 0 bridgehead atoms. The molecular formula is C23H31N5O3. The van der Waals surface area contributed by atoms with Gasteiger partial charge in [-0.15, -0.1) is 0 Å². The number of carbonyl (C=O) groups is 1. The standard InChI is InChI=1S/C23H31N5O3/c1-4-10-27-20-7-5-6-8-21(20)28(23(27)30)11-9-22(29)26-14-12-25(13-15-26)16-19-17(2)24-31-18(19)3/h5-8H,4,9-16H2,1-3H3. The van der Waals surface area contributed by atoms with Gasteiger partial charge in [0.25, 0.3) is 0 Å². The highest BCUT2D eigenvalue weighted by Gasteiger charge is 2.23. The third-order valence-electron chi connectivity index (χ3n) is 6.21. The third kappa shape index (κ3) is 4.30. The van der Waals surface area contributed by atoms with Crippen molar-refractivity contribution in [1.82, 2.24) is 24.1 Å². The van der Waals surface area contributed by atoms with Crippen molar-refractivity contribution in [3.05, 3.63) is 51.8 Å². The van der Waals surface area contributed by atoms with Crippen LogP contribution in [-0.4, -0.2) is 56.2 Å². The van der Waals surface area contributed by atoms with E-state index in [0.717, 1.165) is 54.1 Å². The van der Waals surface area contributed by atoms with Crippen LogP contribution >= 0.6 is 0 Å². The van der Waals surface area contributed by atoms with Gasteiger partial charge in [-0.3, -0.25) is 18.8 Å². The second kappa shape index (κ2) is 9.09. The van der Waals surface area contributed by atoms with Crippen molar-refractivity contribution in [2.45, 2.75) is 53.2 Å². The first kappa shape index (κ1) is 21.4. The minimum atomic E-state index is -0.0277. The van der Waals surface area contributed by atoms with Crippen molar-refractivity contribution in [2.24, 2.45) is 0 Å². The van der Waals surface area contributed by atoms with Gasteiger partial charge >= 0.3 is 5.69 Å². The lowest BCUT2D eigenvalue weighted by atomic mass is 10.1. The van der Waals surface area contributed by atoms with Crippen LogP contribution in [-0.2, 0) is 24.4 Å². The number of benzene rings is 1. The Morgan fingerprint density at radius 1 is 1.03 bits per heavy atom. The molecule has 1 aromatic carbocycles. The molecule has 1 aliphatic heterocycles. The second-order valence-corrected chi connectivity index (χ2v) is 8.28. The summed E-state index contributed by atoms with van der Waals surface area (Å²) in [6.07, 6.45) is 1.23. The van der Waals surface area contributed by atoms with Crippen LogP contribution < -0.4 is 5.69 Å². The van der Waals surface area contributed by atoms with Crippen LogP contribution in [0.3, 0.4) is 0 Å². The largest absolute Gasteiger partial charge is 0.361 e. The molecule has 1 aliphatic rings. The van der Waals surface area contributed by atoms with Gasteiger partial charge in [0, 0.05) is 57.8 Å². The normalized spacial score (nSPS) is 15.1. The maximum atomic E-state index is 12.9. The minimum Gasteiger partial charge on any atom is -0.361 e. The van der Waals surface area contributed by atoms with Crippen molar-refractivity contribution in [2.75, 3.05) is 26.2 Å². The van der Waals surface area contributed by atoms with Gasteiger partial charge in [0.2, 0.25) is 5.91 Å². The molecule has 8 heteroatoms. The van der Waals surface area contributed by atoms with Gasteiger partial charge in [-0.1, -0.05) is 24.2 Å². The Kier molecular flexibility index (Phi) is 6.27. The number of fused-ring (bicyclic) bond motifs is 1. The van der Waals surface area contributed by atoms with Crippen LogP contribution in [0.25, 0.3) is 11.0 Å². The summed E-state index contributed by atoms with van der Waals surface area (Å²) in [7, 11) is 0. The van der Waals surface area contributed by atoms with Crippen LogP contribution in [0.1, 0.15) is 36.8 Å². The highest BCUT2D eigenvalue weighted by molar-refractivity contribution is 5.78. The molecule has 3 aromatic rings. The quantitative estimate of drug-likeness (QED) is 0.581. The number of amides is 1. The maximum Gasteiger partial charge on any atom is 0.329 e. The van der Waals surface area contributed by atoms with Crippen LogP contribution in [0.4, 0.5) is 0 Å². The highest BCUT2D eigenvalue weighted by Crippen LogP contribution is 2.17. The number of nitrogens with zero attached hydrogens (tertiary/aromatic N) is 5. The Hall–Kier alpha value is -2.87. The summed E-state index contributed by atoms with van der Waals surface area (Å²) in [6, 6.07) is 7.82. The Morgan fingerprint density at radius 2 is 1.68 bits per heavy atom. The molecule has 2 aromatic heterocycles. The summed E-state index contributed by atoms with van der Waals surface area (Å²) in [5.41, 5.74) is 3.89. The molecule has 0 N–H and O–H groups in total. The van der Waals surface area contributed by atoms with E-state index in [1.807, 2.05) is 47.6 Å². The number of carbonyl (C=O) groups excluding carboxylic acids is 1. The van der Waals surface area contributed by atoms with E-state index in [9.17, 15) is 9.59 Å². The number of para-hydroxylation sites is 2. The lowest BCUT2D eigenvalue weighted by Crippen LogP contribution is -2.48. The number of rotatable bonds is 7. The van der Waals surface area contributed by atoms with Gasteiger partial charge in [0.05, 0.1) is 16.7 Å². The molecule has 0 atom stereocenters. The van der Waals surface area contributed by atoms with E-state index in [0.29, 0.717) is 32.6 Å². The fourth-order valence-corrected chi connectivity index (χ4v) is 4.40. The van der Waals surface area contributed by atoms with Crippen molar-refractivity contribution >= 4 is 16.9 Å². The summed E-state index contributed by atoms with van der Waals surface area (Å²) in [4.78, 5) is 30.0. The fraction of sp³-hybridized carbons (Fsp3) is 0.522. The second-order valence-electron chi connectivity index (χ2n) is 8.28. The number of aryl methyl sites for hydroxylation is 4.